The molecule has 0 aromatic heterocycles. The van der Waals surface area contributed by atoms with E-state index in [0.29, 0.717) is 0 Å². The molecule has 0 saturated carbocycles. The molecule has 0 aliphatic heterocycles. The van der Waals surface area contributed by atoms with E-state index in [1.165, 1.54) is 6.92 Å². The van der Waals surface area contributed by atoms with Gasteiger partial charge in [-0.2, -0.15) is 0 Å². The van der Waals surface area contributed by atoms with Crippen molar-refractivity contribution in [3.8, 4) is 0 Å². The van der Waals surface area contributed by atoms with Gasteiger partial charge in [0.25, 0.3) is 0 Å². The van der Waals surface area contributed by atoms with E-state index < -0.39 is 6.10 Å². The van der Waals surface area contributed by atoms with Crippen LogP contribution >= 0.6 is 0 Å². The van der Waals surface area contributed by atoms with Crippen LogP contribution in [0, 0.1) is 11.8 Å². The highest BCUT2D eigenvalue weighted by Gasteiger charge is 2.20. The summed E-state index contributed by atoms with van der Waals surface area (Å²) in [5.41, 5.74) is 0. The minimum absolute atomic E-state index is 0.0567. The van der Waals surface area contributed by atoms with Gasteiger partial charge >= 0.3 is 0 Å². The largest absolute Gasteiger partial charge is 0.392 e. The monoisotopic (exact) mass is 144 g/mol. The standard InChI is InChI=1S/C8H16O2/c1-5(2)8(10)6(3)7(4)9/h5-6,8,10H,1-4H3/t6-,8+/m0/s1. The number of hydrogen-bond donors (Lipinski definition) is 1. The summed E-state index contributed by atoms with van der Waals surface area (Å²) in [6.45, 7) is 7.08. The summed E-state index contributed by atoms with van der Waals surface area (Å²) in [6.07, 6.45) is -0.488. The Labute approximate surface area is 62.2 Å². The molecule has 0 aliphatic carbocycles. The summed E-state index contributed by atoms with van der Waals surface area (Å²) in [5, 5.41) is 9.34. The average molecular weight is 144 g/mol. The Bertz CT molecular complexity index is 118. The zero-order chi connectivity index (χ0) is 8.31. The normalized spacial score (nSPS) is 17.0. The first-order valence-corrected chi connectivity index (χ1v) is 3.65. The van der Waals surface area contributed by atoms with Crippen LogP contribution in [0.15, 0.2) is 0 Å². The molecule has 0 unspecified atom stereocenters. The van der Waals surface area contributed by atoms with Crippen LogP contribution in [-0.4, -0.2) is 17.0 Å². The van der Waals surface area contributed by atoms with Gasteiger partial charge in [0.05, 0.1) is 6.10 Å². The topological polar surface area (TPSA) is 37.3 Å². The summed E-state index contributed by atoms with van der Waals surface area (Å²) in [5.74, 6) is 0.0000926. The maximum atomic E-state index is 10.7. The van der Waals surface area contributed by atoms with Crippen molar-refractivity contribution in [2.75, 3.05) is 0 Å². The fraction of sp³-hybridized carbons (Fsp3) is 0.875. The predicted octanol–water partition coefficient (Wildman–Crippen LogP) is 1.23. The van der Waals surface area contributed by atoms with Gasteiger partial charge in [0, 0.05) is 5.92 Å². The SMILES string of the molecule is CC(=O)[C@H](C)[C@H](O)C(C)C. The molecule has 0 aromatic carbocycles. The second-order valence-electron chi connectivity index (χ2n) is 3.13. The zero-order valence-electron chi connectivity index (χ0n) is 7.09. The third-order valence-electron chi connectivity index (χ3n) is 1.84. The van der Waals surface area contributed by atoms with Crippen molar-refractivity contribution in [1.82, 2.24) is 0 Å². The Morgan fingerprint density at radius 3 is 1.80 bits per heavy atom. The molecule has 0 rings (SSSR count). The van der Waals surface area contributed by atoms with Crippen LogP contribution in [0.5, 0.6) is 0 Å². The molecule has 0 heterocycles. The third kappa shape index (κ3) is 2.48. The number of hydrogen-bond acceptors (Lipinski definition) is 2. The van der Waals surface area contributed by atoms with Gasteiger partial charge in [0.2, 0.25) is 0 Å². The molecule has 0 bridgehead atoms. The Balaban J connectivity index is 3.94. The van der Waals surface area contributed by atoms with Crippen LogP contribution in [-0.2, 0) is 4.79 Å². The highest BCUT2D eigenvalue weighted by molar-refractivity contribution is 5.78. The molecule has 0 fully saturated rings. The van der Waals surface area contributed by atoms with Crippen LogP contribution in [0.25, 0.3) is 0 Å². The van der Waals surface area contributed by atoms with Crippen LogP contribution in [0.3, 0.4) is 0 Å². The average Bonchev–Trinajstić information content (AvgIpc) is 1.84. The van der Waals surface area contributed by atoms with E-state index in [-0.39, 0.29) is 17.6 Å². The molecule has 0 aromatic rings. The van der Waals surface area contributed by atoms with E-state index in [1.807, 2.05) is 13.8 Å². The summed E-state index contributed by atoms with van der Waals surface area (Å²) < 4.78 is 0. The van der Waals surface area contributed by atoms with Gasteiger partial charge < -0.3 is 5.11 Å². The lowest BCUT2D eigenvalue weighted by Gasteiger charge is -2.19. The summed E-state index contributed by atoms with van der Waals surface area (Å²) >= 11 is 0. The fourth-order valence-electron chi connectivity index (χ4n) is 0.818. The lowest BCUT2D eigenvalue weighted by atomic mass is 9.92. The second-order valence-corrected chi connectivity index (χ2v) is 3.13. The highest BCUT2D eigenvalue weighted by atomic mass is 16.3. The maximum absolute atomic E-state index is 10.7. The van der Waals surface area contributed by atoms with Crippen LogP contribution in [0.2, 0.25) is 0 Å². The predicted molar refractivity (Wildman–Crippen MR) is 40.7 cm³/mol. The Morgan fingerprint density at radius 2 is 1.70 bits per heavy atom. The first kappa shape index (κ1) is 9.63. The van der Waals surface area contributed by atoms with Crippen molar-refractivity contribution in [2.24, 2.45) is 11.8 Å². The number of aliphatic hydroxyl groups excluding tert-OH is 1. The van der Waals surface area contributed by atoms with Crippen LogP contribution < -0.4 is 0 Å². The van der Waals surface area contributed by atoms with E-state index in [9.17, 15) is 9.90 Å². The van der Waals surface area contributed by atoms with Crippen LogP contribution in [0.1, 0.15) is 27.7 Å². The van der Waals surface area contributed by atoms with Gasteiger partial charge in [-0.15, -0.1) is 0 Å². The lowest BCUT2D eigenvalue weighted by Crippen LogP contribution is -2.28. The van der Waals surface area contributed by atoms with E-state index in [1.54, 1.807) is 6.92 Å². The van der Waals surface area contributed by atoms with E-state index in [2.05, 4.69) is 0 Å². The Morgan fingerprint density at radius 1 is 1.30 bits per heavy atom. The molecule has 2 atom stereocenters. The van der Waals surface area contributed by atoms with Gasteiger partial charge in [0.15, 0.2) is 0 Å². The first-order chi connectivity index (χ1) is 4.46. The minimum Gasteiger partial charge on any atom is -0.392 e. The summed E-state index contributed by atoms with van der Waals surface area (Å²) in [6, 6.07) is 0. The number of rotatable bonds is 3. The van der Waals surface area contributed by atoms with E-state index in [4.69, 9.17) is 0 Å². The van der Waals surface area contributed by atoms with Crippen LogP contribution in [0.4, 0.5) is 0 Å². The Kier molecular flexibility index (Phi) is 3.58. The molecule has 0 amide bonds. The van der Waals surface area contributed by atoms with Gasteiger partial charge in [-0.1, -0.05) is 20.8 Å². The molecule has 0 radical (unpaired) electrons. The van der Waals surface area contributed by atoms with Crippen molar-refractivity contribution in [1.29, 1.82) is 0 Å². The zero-order valence-corrected chi connectivity index (χ0v) is 7.09. The van der Waals surface area contributed by atoms with E-state index in [0.717, 1.165) is 0 Å². The van der Waals surface area contributed by atoms with Gasteiger partial charge in [-0.05, 0) is 12.8 Å². The number of aliphatic hydroxyl groups is 1. The maximum Gasteiger partial charge on any atom is 0.135 e. The lowest BCUT2D eigenvalue weighted by molar-refractivity contribution is -0.124. The molecular weight excluding hydrogens is 128 g/mol. The fourth-order valence-corrected chi connectivity index (χ4v) is 0.818. The highest BCUT2D eigenvalue weighted by Crippen LogP contribution is 2.12. The number of Topliss-reactive ketones (excluding diaryl/α,β-unsaturated/α-hetero) is 1. The third-order valence-corrected chi connectivity index (χ3v) is 1.84. The minimum atomic E-state index is -0.488. The molecule has 2 heteroatoms. The van der Waals surface area contributed by atoms with E-state index >= 15 is 0 Å². The second kappa shape index (κ2) is 3.71. The summed E-state index contributed by atoms with van der Waals surface area (Å²) in [7, 11) is 0. The van der Waals surface area contributed by atoms with Crippen molar-refractivity contribution < 1.29 is 9.90 Å². The molecule has 60 valence electrons. The smallest absolute Gasteiger partial charge is 0.135 e. The van der Waals surface area contributed by atoms with Crippen molar-refractivity contribution >= 4 is 5.78 Å². The number of ketones is 1. The quantitative estimate of drug-likeness (QED) is 0.646. The molecule has 1 N–H and O–H groups in total. The first-order valence-electron chi connectivity index (χ1n) is 3.65. The summed E-state index contributed by atoms with van der Waals surface area (Å²) in [4.78, 5) is 10.7. The molecule has 10 heavy (non-hydrogen) atoms. The van der Waals surface area contributed by atoms with Gasteiger partial charge in [-0.3, -0.25) is 4.79 Å². The number of carbonyl (C=O) groups excluding carboxylic acids is 1. The molecule has 0 aliphatic rings. The molecule has 2 nitrogen and oxygen atoms in total. The van der Waals surface area contributed by atoms with Crippen molar-refractivity contribution in [3.05, 3.63) is 0 Å². The van der Waals surface area contributed by atoms with Crippen molar-refractivity contribution in [3.63, 3.8) is 0 Å². The molecule has 0 saturated heterocycles. The van der Waals surface area contributed by atoms with Gasteiger partial charge in [-0.25, -0.2) is 0 Å². The Hall–Kier alpha value is -0.370. The van der Waals surface area contributed by atoms with Crippen molar-refractivity contribution in [2.45, 2.75) is 33.8 Å². The molecule has 0 spiro atoms. The van der Waals surface area contributed by atoms with Gasteiger partial charge in [0.1, 0.15) is 5.78 Å². The number of carbonyl (C=O) groups is 1. The molecular formula is C8H16O2.